The summed E-state index contributed by atoms with van der Waals surface area (Å²) in [6.45, 7) is 0.133. The number of benzene rings is 2. The smallest absolute Gasteiger partial charge is 0.257 e. The molecule has 0 unspecified atom stereocenters. The van der Waals surface area contributed by atoms with Gasteiger partial charge in [-0.05, 0) is 42.5 Å². The highest BCUT2D eigenvalue weighted by atomic mass is 35.5. The Kier molecular flexibility index (Phi) is 5.01. The summed E-state index contributed by atoms with van der Waals surface area (Å²) in [5.74, 6) is 0.685. The van der Waals surface area contributed by atoms with Gasteiger partial charge in [0.1, 0.15) is 0 Å². The third-order valence-electron chi connectivity index (χ3n) is 3.11. The Labute approximate surface area is 157 Å². The molecule has 0 aromatic heterocycles. The van der Waals surface area contributed by atoms with Crippen LogP contribution in [0.2, 0.25) is 15.1 Å². The SMILES string of the molecule is O=C(NC(=S)Nc1c(Cl)cc(Cl)cc1Cl)c1ccc2c(c1)OCO2. The van der Waals surface area contributed by atoms with Gasteiger partial charge in [0.05, 0.1) is 15.7 Å². The summed E-state index contributed by atoms with van der Waals surface area (Å²) in [6, 6.07) is 7.86. The molecule has 9 heteroatoms. The third-order valence-corrected chi connectivity index (χ3v) is 4.13. The van der Waals surface area contributed by atoms with E-state index in [0.717, 1.165) is 0 Å². The standard InChI is InChI=1S/C15H9Cl3N2O3S/c16-8-4-9(17)13(10(18)5-8)19-15(24)20-14(21)7-1-2-11-12(3-7)23-6-22-11/h1-5H,6H2,(H2,19,20,21,24). The second kappa shape index (κ2) is 7.03. The van der Waals surface area contributed by atoms with Crippen LogP contribution < -0.4 is 20.1 Å². The minimum absolute atomic E-state index is 0.0452. The molecular weight excluding hydrogens is 395 g/mol. The van der Waals surface area contributed by atoms with E-state index in [9.17, 15) is 4.79 Å². The Balaban J connectivity index is 1.70. The fourth-order valence-corrected chi connectivity index (χ4v) is 3.13. The molecule has 0 bridgehead atoms. The zero-order chi connectivity index (χ0) is 17.3. The van der Waals surface area contributed by atoms with Gasteiger partial charge in [-0.2, -0.15) is 0 Å². The largest absolute Gasteiger partial charge is 0.454 e. The van der Waals surface area contributed by atoms with Gasteiger partial charge in [0.2, 0.25) is 6.79 Å². The molecular formula is C15H9Cl3N2O3S. The van der Waals surface area contributed by atoms with Crippen LogP contribution in [0.1, 0.15) is 10.4 Å². The average molecular weight is 404 g/mol. The lowest BCUT2D eigenvalue weighted by Gasteiger charge is -2.13. The Morgan fingerprint density at radius 3 is 2.42 bits per heavy atom. The number of halogens is 3. The van der Waals surface area contributed by atoms with E-state index in [-0.39, 0.29) is 22.0 Å². The Morgan fingerprint density at radius 2 is 1.71 bits per heavy atom. The molecule has 1 aliphatic heterocycles. The maximum absolute atomic E-state index is 12.2. The summed E-state index contributed by atoms with van der Waals surface area (Å²) in [4.78, 5) is 12.2. The summed E-state index contributed by atoms with van der Waals surface area (Å²) in [7, 11) is 0. The number of amides is 1. The van der Waals surface area contributed by atoms with Crippen molar-refractivity contribution in [1.29, 1.82) is 0 Å². The van der Waals surface area contributed by atoms with Gasteiger partial charge in [0, 0.05) is 10.6 Å². The molecule has 0 saturated heterocycles. The van der Waals surface area contributed by atoms with Crippen LogP contribution >= 0.6 is 47.0 Å². The molecule has 0 spiro atoms. The van der Waals surface area contributed by atoms with Crippen LogP contribution in [0.15, 0.2) is 30.3 Å². The number of carbonyl (C=O) groups is 1. The quantitative estimate of drug-likeness (QED) is 0.723. The minimum atomic E-state index is -0.410. The molecule has 0 fully saturated rings. The molecule has 2 N–H and O–H groups in total. The van der Waals surface area contributed by atoms with Gasteiger partial charge in [-0.25, -0.2) is 0 Å². The molecule has 1 aliphatic rings. The topological polar surface area (TPSA) is 59.6 Å². The van der Waals surface area contributed by atoms with E-state index in [2.05, 4.69) is 10.6 Å². The van der Waals surface area contributed by atoms with Crippen LogP contribution in [0.3, 0.4) is 0 Å². The zero-order valence-corrected chi connectivity index (χ0v) is 14.9. The highest BCUT2D eigenvalue weighted by molar-refractivity contribution is 7.80. The van der Waals surface area contributed by atoms with Gasteiger partial charge in [0.25, 0.3) is 5.91 Å². The first-order chi connectivity index (χ1) is 11.4. The molecule has 0 atom stereocenters. The van der Waals surface area contributed by atoms with E-state index in [4.69, 9.17) is 56.5 Å². The van der Waals surface area contributed by atoms with Gasteiger partial charge in [-0.15, -0.1) is 0 Å². The van der Waals surface area contributed by atoms with E-state index in [1.165, 1.54) is 12.1 Å². The average Bonchev–Trinajstić information content (AvgIpc) is 2.98. The van der Waals surface area contributed by atoms with Crippen LogP contribution in [0, 0.1) is 0 Å². The lowest BCUT2D eigenvalue weighted by molar-refractivity contribution is 0.0977. The number of fused-ring (bicyclic) bond motifs is 1. The summed E-state index contributed by atoms with van der Waals surface area (Å²) in [5.41, 5.74) is 0.732. The number of anilines is 1. The molecule has 3 rings (SSSR count). The molecule has 24 heavy (non-hydrogen) atoms. The molecule has 0 aliphatic carbocycles. The van der Waals surface area contributed by atoms with E-state index < -0.39 is 5.91 Å². The van der Waals surface area contributed by atoms with Crippen molar-refractivity contribution < 1.29 is 14.3 Å². The van der Waals surface area contributed by atoms with Gasteiger partial charge >= 0.3 is 0 Å². The lowest BCUT2D eigenvalue weighted by atomic mass is 10.2. The van der Waals surface area contributed by atoms with E-state index in [0.29, 0.717) is 27.8 Å². The second-order valence-corrected chi connectivity index (χ2v) is 6.38. The zero-order valence-electron chi connectivity index (χ0n) is 11.9. The van der Waals surface area contributed by atoms with Crippen molar-refractivity contribution in [3.05, 3.63) is 51.0 Å². The van der Waals surface area contributed by atoms with Crippen molar-refractivity contribution in [3.63, 3.8) is 0 Å². The normalized spacial score (nSPS) is 12.0. The molecule has 2 aromatic carbocycles. The lowest BCUT2D eigenvalue weighted by Crippen LogP contribution is -2.34. The number of ether oxygens (including phenoxy) is 2. The molecule has 124 valence electrons. The van der Waals surface area contributed by atoms with Crippen molar-refractivity contribution in [2.45, 2.75) is 0 Å². The number of hydrogen-bond acceptors (Lipinski definition) is 4. The van der Waals surface area contributed by atoms with Crippen molar-refractivity contribution in [2.75, 3.05) is 12.1 Å². The van der Waals surface area contributed by atoms with E-state index in [1.807, 2.05) is 0 Å². The summed E-state index contributed by atoms with van der Waals surface area (Å²) in [5, 5.41) is 6.33. The monoisotopic (exact) mass is 402 g/mol. The van der Waals surface area contributed by atoms with E-state index >= 15 is 0 Å². The van der Waals surface area contributed by atoms with Crippen molar-refractivity contribution in [3.8, 4) is 11.5 Å². The van der Waals surface area contributed by atoms with Crippen LogP contribution in [-0.2, 0) is 0 Å². The number of rotatable bonds is 2. The minimum Gasteiger partial charge on any atom is -0.454 e. The first-order valence-corrected chi connectivity index (χ1v) is 8.15. The molecule has 0 radical (unpaired) electrons. The highest BCUT2D eigenvalue weighted by Crippen LogP contribution is 2.34. The van der Waals surface area contributed by atoms with E-state index in [1.54, 1.807) is 18.2 Å². The van der Waals surface area contributed by atoms with Crippen LogP contribution in [0.4, 0.5) is 5.69 Å². The van der Waals surface area contributed by atoms with Crippen molar-refractivity contribution in [2.24, 2.45) is 0 Å². The van der Waals surface area contributed by atoms with Crippen LogP contribution in [-0.4, -0.2) is 17.8 Å². The molecule has 5 nitrogen and oxygen atoms in total. The number of carbonyl (C=O) groups excluding carboxylic acids is 1. The predicted molar refractivity (Wildman–Crippen MR) is 97.7 cm³/mol. The fraction of sp³-hybridized carbons (Fsp3) is 0.0667. The third kappa shape index (κ3) is 3.67. The van der Waals surface area contributed by atoms with Gasteiger partial charge in [-0.1, -0.05) is 34.8 Å². The first kappa shape index (κ1) is 17.1. The summed E-state index contributed by atoms with van der Waals surface area (Å²) < 4.78 is 10.4. The fourth-order valence-electron chi connectivity index (χ4n) is 2.02. The Bertz CT molecular complexity index is 822. The summed E-state index contributed by atoms with van der Waals surface area (Å²) >= 11 is 23.1. The van der Waals surface area contributed by atoms with Gasteiger partial charge < -0.3 is 14.8 Å². The molecule has 1 heterocycles. The van der Waals surface area contributed by atoms with Crippen molar-refractivity contribution >= 4 is 63.7 Å². The Hall–Kier alpha value is -1.73. The molecule has 1 amide bonds. The number of hydrogen-bond donors (Lipinski definition) is 2. The number of thiocarbonyl (C=S) groups is 1. The summed E-state index contributed by atoms with van der Waals surface area (Å²) in [6.07, 6.45) is 0. The molecule has 2 aromatic rings. The Morgan fingerprint density at radius 1 is 1.04 bits per heavy atom. The highest BCUT2D eigenvalue weighted by Gasteiger charge is 2.17. The van der Waals surface area contributed by atoms with Gasteiger partial charge in [0.15, 0.2) is 16.6 Å². The predicted octanol–water partition coefficient (Wildman–Crippen LogP) is 4.50. The first-order valence-electron chi connectivity index (χ1n) is 6.60. The van der Waals surface area contributed by atoms with Gasteiger partial charge in [-0.3, -0.25) is 10.1 Å². The van der Waals surface area contributed by atoms with Crippen LogP contribution in [0.25, 0.3) is 0 Å². The second-order valence-electron chi connectivity index (χ2n) is 4.72. The number of nitrogens with one attached hydrogen (secondary N) is 2. The molecule has 0 saturated carbocycles. The maximum atomic E-state index is 12.2. The van der Waals surface area contributed by atoms with Crippen LogP contribution in [0.5, 0.6) is 11.5 Å². The van der Waals surface area contributed by atoms with Crippen molar-refractivity contribution in [1.82, 2.24) is 5.32 Å². The maximum Gasteiger partial charge on any atom is 0.257 e.